The molecule has 1 saturated heterocycles. The molecule has 1 fully saturated rings. The Bertz CT molecular complexity index is 724. The Morgan fingerprint density at radius 1 is 1.35 bits per heavy atom. The van der Waals surface area contributed by atoms with Gasteiger partial charge in [-0.3, -0.25) is 5.10 Å². The number of H-pyrrole nitrogens is 1. The molecule has 1 aliphatic heterocycles. The molecule has 6 nitrogen and oxygen atoms in total. The fourth-order valence-electron chi connectivity index (χ4n) is 2.17. The number of sulfonamides is 1. The van der Waals surface area contributed by atoms with Crippen LogP contribution in [0.15, 0.2) is 41.4 Å². The van der Waals surface area contributed by atoms with E-state index in [2.05, 4.69) is 10.2 Å². The van der Waals surface area contributed by atoms with Gasteiger partial charge >= 0.3 is 0 Å². The maximum atomic E-state index is 12.4. The van der Waals surface area contributed by atoms with Crippen LogP contribution in [0, 0.1) is 0 Å². The van der Waals surface area contributed by atoms with E-state index in [4.69, 9.17) is 11.6 Å². The number of aromatic amines is 1. The first kappa shape index (κ1) is 13.6. The fraction of sp³-hybridized carbons (Fsp3) is 0.250. The van der Waals surface area contributed by atoms with E-state index in [1.54, 1.807) is 18.2 Å². The van der Waals surface area contributed by atoms with Crippen molar-refractivity contribution in [2.75, 3.05) is 13.1 Å². The normalized spacial score (nSPS) is 18.7. The van der Waals surface area contributed by atoms with Crippen molar-refractivity contribution >= 4 is 21.6 Å². The summed E-state index contributed by atoms with van der Waals surface area (Å²) in [6, 6.07) is 7.69. The van der Waals surface area contributed by atoms with Gasteiger partial charge in [-0.2, -0.15) is 9.40 Å². The zero-order chi connectivity index (χ0) is 14.4. The van der Waals surface area contributed by atoms with Crippen LogP contribution in [0.2, 0.25) is 5.02 Å². The van der Waals surface area contributed by atoms with Crippen LogP contribution in [0.5, 0.6) is 0 Å². The summed E-state index contributed by atoms with van der Waals surface area (Å²) in [5.74, 6) is 0. The summed E-state index contributed by atoms with van der Waals surface area (Å²) >= 11 is 5.81. The molecule has 0 radical (unpaired) electrons. The van der Waals surface area contributed by atoms with Crippen LogP contribution in [-0.4, -0.2) is 41.1 Å². The Hall–Kier alpha value is -1.41. The van der Waals surface area contributed by atoms with E-state index in [1.807, 2.05) is 0 Å². The number of benzene rings is 1. The van der Waals surface area contributed by atoms with E-state index in [0.29, 0.717) is 10.7 Å². The first-order valence-corrected chi connectivity index (χ1v) is 7.72. The topological polar surface area (TPSA) is 86.3 Å². The minimum atomic E-state index is -3.63. The monoisotopic (exact) mass is 313 g/mol. The summed E-state index contributed by atoms with van der Waals surface area (Å²) in [6.07, 6.45) is 1.52. The number of hydrogen-bond acceptors (Lipinski definition) is 4. The molecule has 0 amide bonds. The number of aromatic nitrogens is 2. The second-order valence-corrected chi connectivity index (χ2v) is 7.11. The summed E-state index contributed by atoms with van der Waals surface area (Å²) in [4.78, 5) is 0.122. The molecule has 2 heterocycles. The van der Waals surface area contributed by atoms with Gasteiger partial charge in [-0.15, -0.1) is 0 Å². The maximum Gasteiger partial charge on any atom is 0.243 e. The van der Waals surface area contributed by atoms with Crippen LogP contribution in [0.3, 0.4) is 0 Å². The molecule has 106 valence electrons. The second-order valence-electron chi connectivity index (χ2n) is 4.73. The van der Waals surface area contributed by atoms with Gasteiger partial charge in [0.05, 0.1) is 10.6 Å². The van der Waals surface area contributed by atoms with E-state index in [1.165, 1.54) is 22.6 Å². The van der Waals surface area contributed by atoms with E-state index < -0.39 is 15.6 Å². The van der Waals surface area contributed by atoms with Crippen molar-refractivity contribution in [2.45, 2.75) is 10.5 Å². The van der Waals surface area contributed by atoms with Crippen LogP contribution in [0.4, 0.5) is 0 Å². The van der Waals surface area contributed by atoms with Crippen molar-refractivity contribution in [3.63, 3.8) is 0 Å². The third kappa shape index (κ3) is 2.12. The molecule has 3 rings (SSSR count). The van der Waals surface area contributed by atoms with Crippen LogP contribution < -0.4 is 0 Å². The fourth-order valence-corrected chi connectivity index (χ4v) is 4.02. The Labute approximate surface area is 121 Å². The number of nitrogens with zero attached hydrogens (tertiary/aromatic N) is 2. The molecule has 1 aromatic heterocycles. The van der Waals surface area contributed by atoms with Gasteiger partial charge < -0.3 is 5.11 Å². The first-order valence-electron chi connectivity index (χ1n) is 5.90. The molecular formula is C12H12ClN3O3S. The third-order valence-electron chi connectivity index (χ3n) is 3.31. The summed E-state index contributed by atoms with van der Waals surface area (Å²) in [5, 5.41) is 17.1. The lowest BCUT2D eigenvalue weighted by Crippen LogP contribution is -2.61. The maximum absolute atomic E-state index is 12.4. The highest BCUT2D eigenvalue weighted by molar-refractivity contribution is 7.89. The van der Waals surface area contributed by atoms with Crippen molar-refractivity contribution in [1.29, 1.82) is 0 Å². The molecule has 2 N–H and O–H groups in total. The molecule has 20 heavy (non-hydrogen) atoms. The van der Waals surface area contributed by atoms with Gasteiger partial charge in [0.25, 0.3) is 0 Å². The van der Waals surface area contributed by atoms with Gasteiger partial charge in [0.1, 0.15) is 5.60 Å². The van der Waals surface area contributed by atoms with Gasteiger partial charge in [0.15, 0.2) is 0 Å². The summed E-state index contributed by atoms with van der Waals surface area (Å²) in [5.41, 5.74) is -0.697. The summed E-state index contributed by atoms with van der Waals surface area (Å²) in [6.45, 7) is -0.0198. The standard InChI is InChI=1S/C12H12ClN3O3S/c13-9-2-1-3-10(6-9)20(18,19)16-7-12(17,8-16)11-4-5-14-15-11/h1-6,17H,7-8H2,(H,14,15). The average molecular weight is 314 g/mol. The van der Waals surface area contributed by atoms with Gasteiger partial charge in [-0.05, 0) is 24.3 Å². The number of halogens is 1. The number of rotatable bonds is 3. The molecule has 1 aromatic carbocycles. The highest BCUT2D eigenvalue weighted by atomic mass is 35.5. The molecule has 0 bridgehead atoms. The van der Waals surface area contributed by atoms with E-state index in [0.717, 1.165) is 0 Å². The van der Waals surface area contributed by atoms with Crippen molar-refractivity contribution < 1.29 is 13.5 Å². The SMILES string of the molecule is O=S(=O)(c1cccc(Cl)c1)N1CC(O)(c2ccn[nH]2)C1. The minimum Gasteiger partial charge on any atom is -0.381 e. The van der Waals surface area contributed by atoms with Gasteiger partial charge in [0, 0.05) is 24.3 Å². The predicted octanol–water partition coefficient (Wildman–Crippen LogP) is 0.955. The van der Waals surface area contributed by atoms with Crippen LogP contribution in [0.1, 0.15) is 5.69 Å². The average Bonchev–Trinajstić information content (AvgIpc) is 2.89. The zero-order valence-corrected chi connectivity index (χ0v) is 11.9. The quantitative estimate of drug-likeness (QED) is 0.883. The lowest BCUT2D eigenvalue weighted by molar-refractivity contribution is -0.0682. The minimum absolute atomic E-state index is 0.00988. The van der Waals surface area contributed by atoms with Crippen molar-refractivity contribution in [3.8, 4) is 0 Å². The van der Waals surface area contributed by atoms with Gasteiger partial charge in [-0.1, -0.05) is 17.7 Å². The summed E-state index contributed by atoms with van der Waals surface area (Å²) in [7, 11) is -3.63. The van der Waals surface area contributed by atoms with E-state index >= 15 is 0 Å². The highest BCUT2D eigenvalue weighted by Gasteiger charge is 2.49. The van der Waals surface area contributed by atoms with Crippen LogP contribution in [0.25, 0.3) is 0 Å². The number of β-amino-alcohol motifs (C(OH)–C–C–N with tert-alkyl or cyclic N) is 1. The Balaban J connectivity index is 1.83. The van der Waals surface area contributed by atoms with E-state index in [-0.39, 0.29) is 18.0 Å². The number of nitrogens with one attached hydrogen (secondary N) is 1. The highest BCUT2D eigenvalue weighted by Crippen LogP contribution is 2.34. The first-order chi connectivity index (χ1) is 9.42. The van der Waals surface area contributed by atoms with Gasteiger partial charge in [0.2, 0.25) is 10.0 Å². The third-order valence-corrected chi connectivity index (χ3v) is 5.33. The smallest absolute Gasteiger partial charge is 0.243 e. The number of hydrogen-bond donors (Lipinski definition) is 2. The van der Waals surface area contributed by atoms with E-state index in [9.17, 15) is 13.5 Å². The molecule has 0 unspecified atom stereocenters. The van der Waals surface area contributed by atoms with Crippen LogP contribution >= 0.6 is 11.6 Å². The molecule has 1 aliphatic rings. The molecule has 2 aromatic rings. The molecule has 0 spiro atoms. The van der Waals surface area contributed by atoms with Crippen LogP contribution in [-0.2, 0) is 15.6 Å². The molecule has 0 saturated carbocycles. The Morgan fingerprint density at radius 3 is 2.70 bits per heavy atom. The predicted molar refractivity (Wildman–Crippen MR) is 72.7 cm³/mol. The molecule has 0 aliphatic carbocycles. The zero-order valence-electron chi connectivity index (χ0n) is 10.3. The largest absolute Gasteiger partial charge is 0.381 e. The lowest BCUT2D eigenvalue weighted by Gasteiger charge is -2.44. The van der Waals surface area contributed by atoms with Crippen molar-refractivity contribution in [1.82, 2.24) is 14.5 Å². The Kier molecular flexibility index (Phi) is 3.09. The second kappa shape index (κ2) is 4.56. The Morgan fingerprint density at radius 2 is 2.10 bits per heavy atom. The van der Waals surface area contributed by atoms with Crippen molar-refractivity contribution in [3.05, 3.63) is 47.2 Å². The molecule has 0 atom stereocenters. The lowest BCUT2D eigenvalue weighted by atomic mass is 9.93. The van der Waals surface area contributed by atoms with Crippen molar-refractivity contribution in [2.24, 2.45) is 0 Å². The molecule has 8 heteroatoms. The molecular weight excluding hydrogens is 302 g/mol. The summed E-state index contributed by atoms with van der Waals surface area (Å²) < 4.78 is 25.9. The van der Waals surface area contributed by atoms with Gasteiger partial charge in [-0.25, -0.2) is 8.42 Å². The number of aliphatic hydroxyl groups is 1.